The van der Waals surface area contributed by atoms with E-state index in [4.69, 9.17) is 14.2 Å². The van der Waals surface area contributed by atoms with Gasteiger partial charge in [0.25, 0.3) is 0 Å². The Balaban J connectivity index is 4.30. The van der Waals surface area contributed by atoms with Crippen molar-refractivity contribution in [3.63, 3.8) is 0 Å². The van der Waals surface area contributed by atoms with Gasteiger partial charge in [0.1, 0.15) is 13.2 Å². The van der Waals surface area contributed by atoms with Crippen LogP contribution in [-0.2, 0) is 28.6 Å². The Morgan fingerprint density at radius 3 is 0.831 bits per heavy atom. The number of carbonyl (C=O) groups excluding carboxylic acids is 3. The van der Waals surface area contributed by atoms with Gasteiger partial charge in [-0.2, -0.15) is 0 Å². The van der Waals surface area contributed by atoms with Crippen molar-refractivity contribution >= 4 is 17.9 Å². The lowest BCUT2D eigenvalue weighted by molar-refractivity contribution is -0.167. The van der Waals surface area contributed by atoms with Crippen LogP contribution in [0.2, 0.25) is 0 Å². The lowest BCUT2D eigenvalue weighted by atomic mass is 10.0. The molecular formula is C53H102O6. The molecule has 0 amide bonds. The Hall–Kier alpha value is -1.59. The van der Waals surface area contributed by atoms with Crippen molar-refractivity contribution in [3.05, 3.63) is 0 Å². The van der Waals surface area contributed by atoms with Gasteiger partial charge in [-0.25, -0.2) is 0 Å². The highest BCUT2D eigenvalue weighted by molar-refractivity contribution is 5.71. The van der Waals surface area contributed by atoms with E-state index in [1.165, 1.54) is 193 Å². The van der Waals surface area contributed by atoms with E-state index in [0.717, 1.165) is 63.7 Å². The van der Waals surface area contributed by atoms with Gasteiger partial charge >= 0.3 is 17.9 Å². The molecule has 0 heterocycles. The van der Waals surface area contributed by atoms with Gasteiger partial charge in [0.05, 0.1) is 0 Å². The molecule has 1 atom stereocenters. The molecule has 0 spiro atoms. The molecule has 59 heavy (non-hydrogen) atoms. The van der Waals surface area contributed by atoms with Crippen molar-refractivity contribution in [1.29, 1.82) is 0 Å². The van der Waals surface area contributed by atoms with Gasteiger partial charge in [-0.3, -0.25) is 14.4 Å². The summed E-state index contributed by atoms with van der Waals surface area (Å²) in [5.74, 6) is -0.0159. The van der Waals surface area contributed by atoms with Crippen LogP contribution in [0.1, 0.15) is 297 Å². The Labute approximate surface area is 368 Å². The third-order valence-electron chi connectivity index (χ3n) is 12.0. The summed E-state index contributed by atoms with van der Waals surface area (Å²) in [5, 5.41) is 0. The van der Waals surface area contributed by atoms with Crippen LogP contribution in [0.3, 0.4) is 0 Å². The molecular weight excluding hydrogens is 733 g/mol. The number of carbonyl (C=O) groups is 3. The average Bonchev–Trinajstić information content (AvgIpc) is 3.22. The molecule has 6 heteroatoms. The van der Waals surface area contributed by atoms with Crippen molar-refractivity contribution in [2.24, 2.45) is 5.92 Å². The largest absolute Gasteiger partial charge is 0.462 e. The molecule has 0 rings (SSSR count). The van der Waals surface area contributed by atoms with E-state index in [2.05, 4.69) is 27.7 Å². The highest BCUT2D eigenvalue weighted by Crippen LogP contribution is 2.17. The number of hydrogen-bond donors (Lipinski definition) is 0. The van der Waals surface area contributed by atoms with Gasteiger partial charge in [-0.1, -0.05) is 259 Å². The van der Waals surface area contributed by atoms with Crippen LogP contribution in [0.25, 0.3) is 0 Å². The number of esters is 3. The van der Waals surface area contributed by atoms with E-state index in [-0.39, 0.29) is 31.1 Å². The Morgan fingerprint density at radius 2 is 0.559 bits per heavy atom. The van der Waals surface area contributed by atoms with Crippen LogP contribution in [0, 0.1) is 5.92 Å². The number of ether oxygens (including phenoxy) is 3. The van der Waals surface area contributed by atoms with Gasteiger partial charge in [0, 0.05) is 19.3 Å². The first-order chi connectivity index (χ1) is 28.9. The molecule has 0 aromatic rings. The smallest absolute Gasteiger partial charge is 0.306 e. The SMILES string of the molecule is CCCCCCCCCCCCCCCCCC(=O)OC[C@@H](COC(=O)CCCCCCCCCCCCCC(C)C)OC(=O)CCCCCCCCCCCCCC. The number of unbranched alkanes of at least 4 members (excludes halogenated alkanes) is 35. The lowest BCUT2D eigenvalue weighted by Gasteiger charge is -2.18. The van der Waals surface area contributed by atoms with E-state index >= 15 is 0 Å². The first-order valence-electron chi connectivity index (χ1n) is 26.4. The minimum Gasteiger partial charge on any atom is -0.462 e. The average molecular weight is 835 g/mol. The monoisotopic (exact) mass is 835 g/mol. The highest BCUT2D eigenvalue weighted by Gasteiger charge is 2.19. The molecule has 0 aromatic carbocycles. The van der Waals surface area contributed by atoms with Gasteiger partial charge in [-0.05, 0) is 25.2 Å². The maximum Gasteiger partial charge on any atom is 0.306 e. The van der Waals surface area contributed by atoms with Crippen molar-refractivity contribution in [2.45, 2.75) is 303 Å². The summed E-state index contributed by atoms with van der Waals surface area (Å²) in [5.41, 5.74) is 0. The first kappa shape index (κ1) is 57.4. The van der Waals surface area contributed by atoms with Crippen LogP contribution >= 0.6 is 0 Å². The number of hydrogen-bond acceptors (Lipinski definition) is 6. The predicted octanol–water partition coefficient (Wildman–Crippen LogP) is 17.1. The predicted molar refractivity (Wildman–Crippen MR) is 252 cm³/mol. The summed E-state index contributed by atoms with van der Waals surface area (Å²) < 4.78 is 16.8. The van der Waals surface area contributed by atoms with Crippen LogP contribution in [0.5, 0.6) is 0 Å². The standard InChI is InChI=1S/C53H102O6/c1-5-7-9-11-13-15-17-19-20-21-25-28-32-36-40-44-51(54)57-47-50(59-53(56)46-42-38-34-30-24-18-16-14-12-10-8-6-2)48-58-52(55)45-41-37-33-29-26-22-23-27-31-35-39-43-49(3)4/h49-50H,5-48H2,1-4H3/t50-/m0/s1. The maximum absolute atomic E-state index is 12.8. The quantitative estimate of drug-likeness (QED) is 0.0345. The van der Waals surface area contributed by atoms with Gasteiger partial charge in [-0.15, -0.1) is 0 Å². The van der Waals surface area contributed by atoms with Crippen LogP contribution in [0.15, 0.2) is 0 Å². The zero-order valence-corrected chi connectivity index (χ0v) is 40.2. The van der Waals surface area contributed by atoms with Crippen molar-refractivity contribution in [3.8, 4) is 0 Å². The third-order valence-corrected chi connectivity index (χ3v) is 12.0. The molecule has 0 aliphatic rings. The van der Waals surface area contributed by atoms with Crippen LogP contribution in [0.4, 0.5) is 0 Å². The summed E-state index contributed by atoms with van der Waals surface area (Å²) in [7, 11) is 0. The summed E-state index contributed by atoms with van der Waals surface area (Å²) in [6.45, 7) is 9.03. The normalized spacial score (nSPS) is 11.9. The fourth-order valence-electron chi connectivity index (χ4n) is 8.04. The molecule has 0 saturated heterocycles. The van der Waals surface area contributed by atoms with Crippen molar-refractivity contribution in [1.82, 2.24) is 0 Å². The van der Waals surface area contributed by atoms with Crippen molar-refractivity contribution in [2.75, 3.05) is 13.2 Å². The maximum atomic E-state index is 12.8. The van der Waals surface area contributed by atoms with E-state index in [1.807, 2.05) is 0 Å². The van der Waals surface area contributed by atoms with Crippen LogP contribution < -0.4 is 0 Å². The lowest BCUT2D eigenvalue weighted by Crippen LogP contribution is -2.30. The molecule has 0 saturated carbocycles. The van der Waals surface area contributed by atoms with Crippen LogP contribution in [-0.4, -0.2) is 37.2 Å². The van der Waals surface area contributed by atoms with Gasteiger partial charge < -0.3 is 14.2 Å². The van der Waals surface area contributed by atoms with E-state index in [0.29, 0.717) is 19.3 Å². The molecule has 0 radical (unpaired) electrons. The Morgan fingerprint density at radius 1 is 0.322 bits per heavy atom. The fourth-order valence-corrected chi connectivity index (χ4v) is 8.04. The molecule has 0 fully saturated rings. The molecule has 0 unspecified atom stereocenters. The zero-order chi connectivity index (χ0) is 43.1. The molecule has 350 valence electrons. The minimum atomic E-state index is -0.760. The summed E-state index contributed by atoms with van der Waals surface area (Å²) in [4.78, 5) is 37.9. The molecule has 0 aliphatic heterocycles. The van der Waals surface area contributed by atoms with Crippen molar-refractivity contribution < 1.29 is 28.6 Å². The second-order valence-electron chi connectivity index (χ2n) is 18.6. The minimum absolute atomic E-state index is 0.0625. The third kappa shape index (κ3) is 47.3. The van der Waals surface area contributed by atoms with E-state index in [1.54, 1.807) is 0 Å². The zero-order valence-electron chi connectivity index (χ0n) is 40.2. The fraction of sp³-hybridized carbons (Fsp3) is 0.943. The molecule has 0 N–H and O–H groups in total. The Bertz CT molecular complexity index is 887. The second-order valence-corrected chi connectivity index (χ2v) is 18.6. The first-order valence-corrected chi connectivity index (χ1v) is 26.4. The number of rotatable bonds is 48. The van der Waals surface area contributed by atoms with E-state index < -0.39 is 6.10 Å². The summed E-state index contributed by atoms with van der Waals surface area (Å²) >= 11 is 0. The van der Waals surface area contributed by atoms with Gasteiger partial charge in [0.15, 0.2) is 6.10 Å². The van der Waals surface area contributed by atoms with Gasteiger partial charge in [0.2, 0.25) is 0 Å². The molecule has 6 nitrogen and oxygen atoms in total. The summed E-state index contributed by atoms with van der Waals surface area (Å²) in [6, 6.07) is 0. The molecule has 0 bridgehead atoms. The second kappa shape index (κ2) is 47.5. The Kier molecular flexibility index (Phi) is 46.2. The summed E-state index contributed by atoms with van der Waals surface area (Å²) in [6.07, 6.45) is 49.4. The molecule has 0 aliphatic carbocycles. The highest BCUT2D eigenvalue weighted by atomic mass is 16.6. The van der Waals surface area contributed by atoms with E-state index in [9.17, 15) is 14.4 Å². The molecule has 0 aromatic heterocycles. The topological polar surface area (TPSA) is 78.9 Å².